The van der Waals surface area contributed by atoms with Gasteiger partial charge in [0, 0.05) is 11.2 Å². The zero-order valence-corrected chi connectivity index (χ0v) is 17.4. The van der Waals surface area contributed by atoms with Crippen molar-refractivity contribution in [2.75, 3.05) is 5.32 Å². The monoisotopic (exact) mass is 439 g/mol. The molecule has 0 aliphatic rings. The molecular formula is C23H19ClFN3O3. The van der Waals surface area contributed by atoms with Crippen molar-refractivity contribution in [3.8, 4) is 5.75 Å². The van der Waals surface area contributed by atoms with Gasteiger partial charge in [-0.3, -0.25) is 9.48 Å². The van der Waals surface area contributed by atoms with E-state index in [1.165, 1.54) is 18.3 Å². The Morgan fingerprint density at radius 2 is 2.00 bits per heavy atom. The lowest BCUT2D eigenvalue weighted by molar-refractivity contribution is 0.0992. The van der Waals surface area contributed by atoms with Crippen molar-refractivity contribution in [3.05, 3.63) is 100 Å². The number of rotatable bonds is 7. The first-order valence-electron chi connectivity index (χ1n) is 9.52. The van der Waals surface area contributed by atoms with E-state index in [-0.39, 0.29) is 18.2 Å². The van der Waals surface area contributed by atoms with Crippen LogP contribution in [-0.4, -0.2) is 15.7 Å². The number of anilines is 1. The summed E-state index contributed by atoms with van der Waals surface area (Å²) in [5.41, 5.74) is 2.33. The van der Waals surface area contributed by atoms with Crippen LogP contribution >= 0.6 is 11.6 Å². The molecule has 0 bridgehead atoms. The highest BCUT2D eigenvalue weighted by atomic mass is 35.5. The van der Waals surface area contributed by atoms with Crippen molar-refractivity contribution >= 4 is 23.2 Å². The number of ether oxygens (including phenoxy) is 1. The highest BCUT2D eigenvalue weighted by molar-refractivity contribution is 6.30. The minimum absolute atomic E-state index is 0.165. The van der Waals surface area contributed by atoms with E-state index in [2.05, 4.69) is 10.4 Å². The summed E-state index contributed by atoms with van der Waals surface area (Å²) in [6.45, 7) is 2.55. The van der Waals surface area contributed by atoms with Gasteiger partial charge in [-0.15, -0.1) is 0 Å². The summed E-state index contributed by atoms with van der Waals surface area (Å²) in [4.78, 5) is 12.5. The smallest absolute Gasteiger partial charge is 0.291 e. The highest BCUT2D eigenvalue weighted by Gasteiger charge is 2.13. The van der Waals surface area contributed by atoms with E-state index >= 15 is 0 Å². The van der Waals surface area contributed by atoms with Gasteiger partial charge in [-0.2, -0.15) is 5.10 Å². The van der Waals surface area contributed by atoms with Crippen LogP contribution in [0.2, 0.25) is 5.02 Å². The SMILES string of the molecule is Cc1cc(Cl)ccc1OCc1ccc(C(=O)Nc2cnn(Cc3ccc(F)cc3)c2)o1. The Labute approximate surface area is 183 Å². The fourth-order valence-corrected chi connectivity index (χ4v) is 3.21. The van der Waals surface area contributed by atoms with Crippen LogP contribution in [-0.2, 0) is 13.2 Å². The van der Waals surface area contributed by atoms with Gasteiger partial charge in [0.15, 0.2) is 5.76 Å². The lowest BCUT2D eigenvalue weighted by Crippen LogP contribution is -2.10. The van der Waals surface area contributed by atoms with Crippen LogP contribution in [0.1, 0.15) is 27.4 Å². The number of hydrogen-bond acceptors (Lipinski definition) is 4. The van der Waals surface area contributed by atoms with Crippen molar-refractivity contribution in [2.45, 2.75) is 20.1 Å². The van der Waals surface area contributed by atoms with Crippen molar-refractivity contribution in [1.29, 1.82) is 0 Å². The number of nitrogens with one attached hydrogen (secondary N) is 1. The van der Waals surface area contributed by atoms with Gasteiger partial charge in [-0.05, 0) is 60.5 Å². The van der Waals surface area contributed by atoms with Crippen LogP contribution in [0.5, 0.6) is 5.75 Å². The Balaban J connectivity index is 1.33. The maximum absolute atomic E-state index is 13.0. The van der Waals surface area contributed by atoms with Crippen LogP contribution in [0.3, 0.4) is 0 Å². The Hall–Kier alpha value is -3.58. The highest BCUT2D eigenvalue weighted by Crippen LogP contribution is 2.23. The summed E-state index contributed by atoms with van der Waals surface area (Å²) in [7, 11) is 0. The van der Waals surface area contributed by atoms with E-state index in [0.717, 1.165) is 11.1 Å². The largest absolute Gasteiger partial charge is 0.485 e. The summed E-state index contributed by atoms with van der Waals surface area (Å²) in [6.07, 6.45) is 3.23. The van der Waals surface area contributed by atoms with E-state index in [0.29, 0.717) is 28.8 Å². The Bertz CT molecular complexity index is 1200. The number of hydrogen-bond donors (Lipinski definition) is 1. The number of furan rings is 1. The average Bonchev–Trinajstić information content (AvgIpc) is 3.39. The van der Waals surface area contributed by atoms with Gasteiger partial charge >= 0.3 is 0 Å². The first-order chi connectivity index (χ1) is 15.0. The van der Waals surface area contributed by atoms with E-state index in [1.54, 1.807) is 47.3 Å². The van der Waals surface area contributed by atoms with Crippen LogP contribution < -0.4 is 10.1 Å². The molecule has 4 rings (SSSR count). The number of aromatic nitrogens is 2. The quantitative estimate of drug-likeness (QED) is 0.415. The fraction of sp³-hybridized carbons (Fsp3) is 0.130. The molecule has 2 heterocycles. The summed E-state index contributed by atoms with van der Waals surface area (Å²) >= 11 is 5.95. The van der Waals surface area contributed by atoms with Crippen LogP contribution in [0, 0.1) is 12.7 Å². The molecule has 0 aliphatic heterocycles. The van der Waals surface area contributed by atoms with Gasteiger partial charge in [0.25, 0.3) is 5.91 Å². The minimum atomic E-state index is -0.393. The molecule has 0 fully saturated rings. The van der Waals surface area contributed by atoms with Gasteiger partial charge < -0.3 is 14.5 Å². The molecule has 0 saturated carbocycles. The molecule has 0 atom stereocenters. The van der Waals surface area contributed by atoms with Gasteiger partial charge in [-0.25, -0.2) is 4.39 Å². The van der Waals surface area contributed by atoms with Crippen LogP contribution in [0.4, 0.5) is 10.1 Å². The second-order valence-electron chi connectivity index (χ2n) is 6.97. The topological polar surface area (TPSA) is 69.3 Å². The minimum Gasteiger partial charge on any atom is -0.485 e. The molecule has 1 N–H and O–H groups in total. The van der Waals surface area contributed by atoms with Crippen LogP contribution in [0.25, 0.3) is 0 Å². The molecule has 2 aromatic heterocycles. The molecular weight excluding hydrogens is 421 g/mol. The zero-order chi connectivity index (χ0) is 21.8. The normalized spacial score (nSPS) is 10.8. The summed E-state index contributed by atoms with van der Waals surface area (Å²) in [5.74, 6) is 0.698. The second kappa shape index (κ2) is 9.06. The maximum atomic E-state index is 13.0. The summed E-state index contributed by atoms with van der Waals surface area (Å²) in [5, 5.41) is 7.60. The summed E-state index contributed by atoms with van der Waals surface area (Å²) in [6, 6.07) is 14.8. The van der Waals surface area contributed by atoms with Crippen molar-refractivity contribution in [1.82, 2.24) is 9.78 Å². The maximum Gasteiger partial charge on any atom is 0.291 e. The van der Waals surface area contributed by atoms with Gasteiger partial charge in [0.1, 0.15) is 23.9 Å². The number of amides is 1. The van der Waals surface area contributed by atoms with Crippen molar-refractivity contribution in [3.63, 3.8) is 0 Å². The third kappa shape index (κ3) is 5.32. The predicted octanol–water partition coefficient (Wildman–Crippen LogP) is 5.46. The third-order valence-electron chi connectivity index (χ3n) is 4.54. The Morgan fingerprint density at radius 3 is 2.77 bits per heavy atom. The number of aryl methyl sites for hydroxylation is 1. The lowest BCUT2D eigenvalue weighted by Gasteiger charge is -2.07. The van der Waals surface area contributed by atoms with Crippen molar-refractivity contribution in [2.24, 2.45) is 0 Å². The molecule has 0 unspecified atom stereocenters. The molecule has 158 valence electrons. The van der Waals surface area contributed by atoms with E-state index < -0.39 is 5.91 Å². The predicted molar refractivity (Wildman–Crippen MR) is 115 cm³/mol. The standard InChI is InChI=1S/C23H19ClFN3O3/c1-15-10-17(24)4-8-21(15)30-14-20-7-9-22(31-20)23(29)27-19-11-26-28(13-19)12-16-2-5-18(25)6-3-16/h2-11,13H,12,14H2,1H3,(H,27,29). The average molecular weight is 440 g/mol. The molecule has 8 heteroatoms. The third-order valence-corrected chi connectivity index (χ3v) is 4.78. The molecule has 0 spiro atoms. The van der Waals surface area contributed by atoms with Gasteiger partial charge in [0.2, 0.25) is 0 Å². The molecule has 0 radical (unpaired) electrons. The second-order valence-corrected chi connectivity index (χ2v) is 7.41. The Morgan fingerprint density at radius 1 is 1.19 bits per heavy atom. The molecule has 4 aromatic rings. The van der Waals surface area contributed by atoms with Crippen LogP contribution in [0.15, 0.2) is 71.4 Å². The van der Waals surface area contributed by atoms with E-state index in [1.807, 2.05) is 13.0 Å². The molecule has 31 heavy (non-hydrogen) atoms. The molecule has 1 amide bonds. The fourth-order valence-electron chi connectivity index (χ4n) is 2.99. The number of carbonyl (C=O) groups is 1. The first kappa shape index (κ1) is 20.7. The molecule has 6 nitrogen and oxygen atoms in total. The Kier molecular flexibility index (Phi) is 6.04. The molecule has 0 saturated heterocycles. The van der Waals surface area contributed by atoms with E-state index in [9.17, 15) is 9.18 Å². The molecule has 0 aliphatic carbocycles. The van der Waals surface area contributed by atoms with Gasteiger partial charge in [0.05, 0.1) is 18.4 Å². The number of nitrogens with zero attached hydrogens (tertiary/aromatic N) is 2. The lowest BCUT2D eigenvalue weighted by atomic mass is 10.2. The van der Waals surface area contributed by atoms with E-state index in [4.69, 9.17) is 20.8 Å². The van der Waals surface area contributed by atoms with Gasteiger partial charge in [-0.1, -0.05) is 23.7 Å². The van der Waals surface area contributed by atoms with Crippen molar-refractivity contribution < 1.29 is 18.3 Å². The summed E-state index contributed by atoms with van der Waals surface area (Å²) < 4.78 is 26.0. The first-order valence-corrected chi connectivity index (χ1v) is 9.90. The molecule has 2 aromatic carbocycles. The zero-order valence-electron chi connectivity index (χ0n) is 16.6. The number of benzene rings is 2. The number of halogens is 2. The number of carbonyl (C=O) groups excluding carboxylic acids is 1.